The minimum Gasteiger partial charge on any atom is -0.398 e. The second kappa shape index (κ2) is 5.61. The fourth-order valence-electron chi connectivity index (χ4n) is 1.68. The van der Waals surface area contributed by atoms with E-state index < -0.39 is 10.0 Å². The van der Waals surface area contributed by atoms with E-state index in [4.69, 9.17) is 28.9 Å². The maximum atomic E-state index is 12.2. The molecule has 0 radical (unpaired) electrons. The van der Waals surface area contributed by atoms with Gasteiger partial charge >= 0.3 is 0 Å². The number of aryl methyl sites for hydroxylation is 1. The lowest BCUT2D eigenvalue weighted by Gasteiger charge is -2.11. The lowest BCUT2D eigenvalue weighted by molar-refractivity contribution is 0.577. The van der Waals surface area contributed by atoms with Crippen molar-refractivity contribution in [3.63, 3.8) is 0 Å². The van der Waals surface area contributed by atoms with Crippen LogP contribution in [-0.2, 0) is 23.6 Å². The van der Waals surface area contributed by atoms with Crippen molar-refractivity contribution in [2.75, 3.05) is 5.73 Å². The number of hydrogen-bond donors (Lipinski definition) is 2. The van der Waals surface area contributed by atoms with Gasteiger partial charge in [-0.05, 0) is 18.2 Å². The summed E-state index contributed by atoms with van der Waals surface area (Å²) in [6, 6.07) is 4.37. The van der Waals surface area contributed by atoms with Crippen LogP contribution >= 0.6 is 23.2 Å². The molecule has 2 aromatic rings. The highest BCUT2D eigenvalue weighted by molar-refractivity contribution is 7.89. The lowest BCUT2D eigenvalue weighted by atomic mass is 10.3. The van der Waals surface area contributed by atoms with Gasteiger partial charge in [0.25, 0.3) is 0 Å². The fraction of sp³-hybridized carbons (Fsp3) is 0.182. The molecule has 0 atom stereocenters. The first-order valence-electron chi connectivity index (χ1n) is 5.52. The summed E-state index contributed by atoms with van der Waals surface area (Å²) in [6.45, 7) is 0.0806. The first-order chi connectivity index (χ1) is 9.31. The van der Waals surface area contributed by atoms with E-state index in [0.717, 1.165) is 0 Å². The van der Waals surface area contributed by atoms with Gasteiger partial charge in [-0.2, -0.15) is 5.10 Å². The first kappa shape index (κ1) is 15.1. The SMILES string of the molecule is Cn1nccc1CNS(=O)(=O)c1c(N)cc(Cl)cc1Cl. The minimum atomic E-state index is -3.84. The number of halogens is 2. The number of sulfonamides is 1. The Morgan fingerprint density at radius 3 is 2.65 bits per heavy atom. The van der Waals surface area contributed by atoms with Crippen molar-refractivity contribution in [3.05, 3.63) is 40.1 Å². The molecule has 0 aliphatic heterocycles. The number of nitrogens with one attached hydrogen (secondary N) is 1. The van der Waals surface area contributed by atoms with E-state index in [1.807, 2.05) is 0 Å². The van der Waals surface area contributed by atoms with Crippen molar-refractivity contribution < 1.29 is 8.42 Å². The molecule has 0 amide bonds. The molecule has 1 heterocycles. The molecule has 0 bridgehead atoms. The molecule has 2 rings (SSSR count). The highest BCUT2D eigenvalue weighted by Gasteiger charge is 2.22. The Bertz CT molecular complexity index is 720. The van der Waals surface area contributed by atoms with Crippen molar-refractivity contribution in [2.24, 2.45) is 7.05 Å². The van der Waals surface area contributed by atoms with Gasteiger partial charge in [-0.15, -0.1) is 0 Å². The number of nitrogens with two attached hydrogens (primary N) is 1. The number of anilines is 1. The molecule has 108 valence electrons. The minimum absolute atomic E-state index is 0.00000567. The molecule has 0 aliphatic rings. The number of benzene rings is 1. The van der Waals surface area contributed by atoms with E-state index in [1.54, 1.807) is 24.0 Å². The van der Waals surface area contributed by atoms with Crippen LogP contribution in [-0.4, -0.2) is 18.2 Å². The van der Waals surface area contributed by atoms with Gasteiger partial charge in [-0.1, -0.05) is 23.2 Å². The van der Waals surface area contributed by atoms with E-state index in [0.29, 0.717) is 5.69 Å². The Morgan fingerprint density at radius 2 is 2.10 bits per heavy atom. The van der Waals surface area contributed by atoms with Crippen molar-refractivity contribution in [1.29, 1.82) is 0 Å². The van der Waals surface area contributed by atoms with Crippen LogP contribution in [0.2, 0.25) is 10.0 Å². The predicted octanol–water partition coefficient (Wildman–Crippen LogP) is 1.79. The maximum Gasteiger partial charge on any atom is 0.244 e. The highest BCUT2D eigenvalue weighted by Crippen LogP contribution is 2.31. The second-order valence-electron chi connectivity index (χ2n) is 4.08. The standard InChI is InChI=1S/C11H12Cl2N4O2S/c1-17-8(2-3-15-17)6-16-20(18,19)11-9(13)4-7(12)5-10(11)14/h2-5,16H,6,14H2,1H3. The van der Waals surface area contributed by atoms with Gasteiger partial charge in [0.05, 0.1) is 22.9 Å². The molecule has 1 aromatic carbocycles. The number of aromatic nitrogens is 2. The van der Waals surface area contributed by atoms with Crippen LogP contribution in [0.1, 0.15) is 5.69 Å². The quantitative estimate of drug-likeness (QED) is 0.834. The number of rotatable bonds is 4. The van der Waals surface area contributed by atoms with Gasteiger partial charge in [-0.3, -0.25) is 4.68 Å². The van der Waals surface area contributed by atoms with Crippen molar-refractivity contribution in [3.8, 4) is 0 Å². The summed E-state index contributed by atoms with van der Waals surface area (Å²) in [5.41, 5.74) is 6.39. The van der Waals surface area contributed by atoms with Crippen molar-refractivity contribution in [1.82, 2.24) is 14.5 Å². The van der Waals surface area contributed by atoms with Crippen LogP contribution in [0.4, 0.5) is 5.69 Å². The molecule has 1 aromatic heterocycles. The summed E-state index contributed by atoms with van der Waals surface area (Å²) in [6.07, 6.45) is 1.58. The van der Waals surface area contributed by atoms with E-state index in [2.05, 4.69) is 9.82 Å². The van der Waals surface area contributed by atoms with Crippen molar-refractivity contribution >= 4 is 38.9 Å². The Hall–Kier alpha value is -1.28. The first-order valence-corrected chi connectivity index (χ1v) is 7.76. The lowest BCUT2D eigenvalue weighted by Crippen LogP contribution is -2.25. The summed E-state index contributed by atoms with van der Waals surface area (Å²) in [5.74, 6) is 0. The van der Waals surface area contributed by atoms with Crippen LogP contribution in [0.3, 0.4) is 0 Å². The van der Waals surface area contributed by atoms with Crippen LogP contribution < -0.4 is 10.5 Å². The molecule has 0 aliphatic carbocycles. The maximum absolute atomic E-state index is 12.2. The molecule has 9 heteroatoms. The van der Waals surface area contributed by atoms with Gasteiger partial charge in [0.15, 0.2) is 0 Å². The summed E-state index contributed by atoms with van der Waals surface area (Å²) in [4.78, 5) is -0.175. The third kappa shape index (κ3) is 3.06. The molecule has 20 heavy (non-hydrogen) atoms. The van der Waals surface area contributed by atoms with Crippen LogP contribution in [0, 0.1) is 0 Å². The molecule has 0 saturated heterocycles. The van der Waals surface area contributed by atoms with Crippen LogP contribution in [0.25, 0.3) is 0 Å². The molecular formula is C11H12Cl2N4O2S. The normalized spacial score (nSPS) is 11.8. The number of nitrogen functional groups attached to an aromatic ring is 1. The van der Waals surface area contributed by atoms with Gasteiger partial charge < -0.3 is 5.73 Å². The van der Waals surface area contributed by atoms with Gasteiger partial charge in [0, 0.05) is 18.3 Å². The third-order valence-electron chi connectivity index (χ3n) is 2.67. The summed E-state index contributed by atoms with van der Waals surface area (Å²) >= 11 is 11.7. The zero-order chi connectivity index (χ0) is 14.9. The zero-order valence-electron chi connectivity index (χ0n) is 10.5. The molecular weight excluding hydrogens is 323 g/mol. The van der Waals surface area contributed by atoms with Gasteiger partial charge in [-0.25, -0.2) is 13.1 Å². The van der Waals surface area contributed by atoms with E-state index in [-0.39, 0.29) is 27.2 Å². The smallest absolute Gasteiger partial charge is 0.244 e. The van der Waals surface area contributed by atoms with Crippen LogP contribution in [0.15, 0.2) is 29.3 Å². The van der Waals surface area contributed by atoms with E-state index in [9.17, 15) is 8.42 Å². The monoisotopic (exact) mass is 334 g/mol. The topological polar surface area (TPSA) is 90.0 Å². The number of nitrogens with zero attached hydrogens (tertiary/aromatic N) is 2. The third-order valence-corrected chi connectivity index (χ3v) is 4.82. The molecule has 0 saturated carbocycles. The average Bonchev–Trinajstić information content (AvgIpc) is 2.70. The van der Waals surface area contributed by atoms with Gasteiger partial charge in [0.1, 0.15) is 4.90 Å². The Balaban J connectivity index is 2.30. The van der Waals surface area contributed by atoms with E-state index in [1.165, 1.54) is 12.1 Å². The second-order valence-corrected chi connectivity index (χ2v) is 6.62. The average molecular weight is 335 g/mol. The zero-order valence-corrected chi connectivity index (χ0v) is 12.8. The number of hydrogen-bond acceptors (Lipinski definition) is 4. The predicted molar refractivity (Wildman–Crippen MR) is 78.1 cm³/mol. The summed E-state index contributed by atoms with van der Waals surface area (Å²) in [5, 5.41) is 4.21. The fourth-order valence-corrected chi connectivity index (χ4v) is 3.66. The molecule has 0 unspecified atom stereocenters. The van der Waals surface area contributed by atoms with Gasteiger partial charge in [0.2, 0.25) is 10.0 Å². The summed E-state index contributed by atoms with van der Waals surface area (Å²) in [7, 11) is -2.12. The van der Waals surface area contributed by atoms with E-state index >= 15 is 0 Å². The Kier molecular flexibility index (Phi) is 4.24. The largest absolute Gasteiger partial charge is 0.398 e. The molecule has 3 N–H and O–H groups in total. The molecule has 6 nitrogen and oxygen atoms in total. The molecule has 0 spiro atoms. The highest BCUT2D eigenvalue weighted by atomic mass is 35.5. The Morgan fingerprint density at radius 1 is 1.40 bits per heavy atom. The van der Waals surface area contributed by atoms with Crippen LogP contribution in [0.5, 0.6) is 0 Å². The summed E-state index contributed by atoms with van der Waals surface area (Å²) < 4.78 is 28.5. The Labute approximate surface area is 126 Å². The molecule has 0 fully saturated rings. The van der Waals surface area contributed by atoms with Crippen molar-refractivity contribution in [2.45, 2.75) is 11.4 Å².